The molecule has 1 aliphatic rings. The van der Waals surface area contributed by atoms with Crippen LogP contribution in [-0.2, 0) is 0 Å². The monoisotopic (exact) mass is 172 g/mol. The summed E-state index contributed by atoms with van der Waals surface area (Å²) in [5.41, 5.74) is 1.05. The molecule has 0 aromatic heterocycles. The van der Waals surface area contributed by atoms with Gasteiger partial charge in [-0.05, 0) is 6.08 Å². The first-order valence-electron chi connectivity index (χ1n) is 4.12. The minimum absolute atomic E-state index is 0.0118. The van der Waals surface area contributed by atoms with Crippen molar-refractivity contribution in [3.63, 3.8) is 0 Å². The van der Waals surface area contributed by atoms with Crippen molar-refractivity contribution in [2.45, 2.75) is 6.42 Å². The molecule has 2 rings (SSSR count). The first-order valence-corrected chi connectivity index (χ1v) is 4.12. The van der Waals surface area contributed by atoms with Gasteiger partial charge in [-0.3, -0.25) is 9.59 Å². The summed E-state index contributed by atoms with van der Waals surface area (Å²) in [7, 11) is 0. The third kappa shape index (κ3) is 1.31. The van der Waals surface area contributed by atoms with Crippen LogP contribution in [0, 0.1) is 0 Å². The molecule has 0 bridgehead atoms. The fourth-order valence-corrected chi connectivity index (χ4v) is 1.41. The zero-order valence-electron chi connectivity index (χ0n) is 6.99. The van der Waals surface area contributed by atoms with Gasteiger partial charge in [0.1, 0.15) is 0 Å². The van der Waals surface area contributed by atoms with Gasteiger partial charge in [0.15, 0.2) is 11.6 Å². The Morgan fingerprint density at radius 3 is 2.46 bits per heavy atom. The molecule has 0 saturated heterocycles. The van der Waals surface area contributed by atoms with E-state index in [2.05, 4.69) is 0 Å². The predicted octanol–water partition coefficient (Wildman–Crippen LogP) is 2.01. The van der Waals surface area contributed by atoms with Gasteiger partial charge in [-0.25, -0.2) is 0 Å². The van der Waals surface area contributed by atoms with Crippen LogP contribution in [0.1, 0.15) is 27.1 Å². The molecule has 2 heteroatoms. The van der Waals surface area contributed by atoms with Gasteiger partial charge in [0, 0.05) is 17.5 Å². The van der Waals surface area contributed by atoms with E-state index in [0.29, 0.717) is 17.5 Å². The highest BCUT2D eigenvalue weighted by Gasteiger charge is 2.16. The molecule has 0 fully saturated rings. The zero-order valence-corrected chi connectivity index (χ0v) is 6.99. The molecule has 0 amide bonds. The predicted molar refractivity (Wildman–Crippen MR) is 48.9 cm³/mol. The standard InChI is InChI=1S/C11H8O2/c12-10-6-3-7-11(13)9-5-2-1-4-8(9)10/h1-6H,7H2. The Hall–Kier alpha value is -1.70. The molecule has 1 aromatic rings. The molecule has 64 valence electrons. The summed E-state index contributed by atoms with van der Waals surface area (Å²) < 4.78 is 0. The maximum Gasteiger partial charge on any atom is 0.186 e. The van der Waals surface area contributed by atoms with Gasteiger partial charge >= 0.3 is 0 Å². The van der Waals surface area contributed by atoms with E-state index in [1.165, 1.54) is 6.08 Å². The number of hydrogen-bond acceptors (Lipinski definition) is 2. The Balaban J connectivity index is 2.64. The zero-order chi connectivity index (χ0) is 9.26. The van der Waals surface area contributed by atoms with E-state index in [0.717, 1.165) is 0 Å². The normalized spacial score (nSPS) is 15.4. The summed E-state index contributed by atoms with van der Waals surface area (Å²) >= 11 is 0. The molecule has 0 radical (unpaired) electrons. The fourth-order valence-electron chi connectivity index (χ4n) is 1.41. The number of hydrogen-bond donors (Lipinski definition) is 0. The molecule has 0 unspecified atom stereocenters. The van der Waals surface area contributed by atoms with Crippen molar-refractivity contribution in [3.8, 4) is 0 Å². The van der Waals surface area contributed by atoms with Crippen molar-refractivity contribution in [1.82, 2.24) is 0 Å². The molecule has 0 atom stereocenters. The van der Waals surface area contributed by atoms with Gasteiger partial charge < -0.3 is 0 Å². The quantitative estimate of drug-likeness (QED) is 0.599. The minimum atomic E-state index is -0.0820. The first kappa shape index (κ1) is 7.92. The summed E-state index contributed by atoms with van der Waals surface area (Å²) in [6.45, 7) is 0. The molecule has 1 aromatic carbocycles. The third-order valence-corrected chi connectivity index (χ3v) is 2.07. The van der Waals surface area contributed by atoms with Crippen molar-refractivity contribution in [1.29, 1.82) is 0 Å². The van der Waals surface area contributed by atoms with Crippen LogP contribution in [0.2, 0.25) is 0 Å². The molecule has 2 nitrogen and oxygen atoms in total. The number of Topliss-reactive ketones (excluding diaryl/α,β-unsaturated/α-hetero) is 1. The number of benzene rings is 1. The largest absolute Gasteiger partial charge is 0.294 e. The van der Waals surface area contributed by atoms with Gasteiger partial charge in [-0.2, -0.15) is 0 Å². The second-order valence-electron chi connectivity index (χ2n) is 2.94. The second-order valence-corrected chi connectivity index (χ2v) is 2.94. The molecular weight excluding hydrogens is 164 g/mol. The van der Waals surface area contributed by atoms with E-state index in [1.54, 1.807) is 30.3 Å². The topological polar surface area (TPSA) is 34.1 Å². The van der Waals surface area contributed by atoms with Crippen LogP contribution in [0.25, 0.3) is 0 Å². The van der Waals surface area contributed by atoms with E-state index >= 15 is 0 Å². The smallest absolute Gasteiger partial charge is 0.186 e. The highest BCUT2D eigenvalue weighted by molar-refractivity contribution is 6.15. The minimum Gasteiger partial charge on any atom is -0.294 e. The summed E-state index contributed by atoms with van der Waals surface area (Å²) in [5, 5.41) is 0. The van der Waals surface area contributed by atoms with Crippen molar-refractivity contribution in [2.75, 3.05) is 0 Å². The van der Waals surface area contributed by atoms with E-state index in [4.69, 9.17) is 0 Å². The van der Waals surface area contributed by atoms with Crippen LogP contribution in [0.15, 0.2) is 36.4 Å². The molecule has 13 heavy (non-hydrogen) atoms. The summed E-state index contributed by atoms with van der Waals surface area (Å²) in [4.78, 5) is 22.9. The number of rotatable bonds is 0. The van der Waals surface area contributed by atoms with Gasteiger partial charge in [0.2, 0.25) is 0 Å². The molecule has 0 saturated carbocycles. The Bertz CT molecular complexity index is 402. The Morgan fingerprint density at radius 2 is 1.69 bits per heavy atom. The lowest BCUT2D eigenvalue weighted by Gasteiger charge is -2.00. The maximum absolute atomic E-state index is 11.4. The molecule has 0 aliphatic heterocycles. The van der Waals surface area contributed by atoms with E-state index < -0.39 is 0 Å². The summed E-state index contributed by atoms with van der Waals surface area (Å²) in [5.74, 6) is -0.0702. The molecule has 0 N–H and O–H groups in total. The Kier molecular flexibility index (Phi) is 1.81. The fraction of sp³-hybridized carbons (Fsp3) is 0.0909. The van der Waals surface area contributed by atoms with Crippen molar-refractivity contribution in [3.05, 3.63) is 47.5 Å². The van der Waals surface area contributed by atoms with Crippen LogP contribution in [0.4, 0.5) is 0 Å². The lowest BCUT2D eigenvalue weighted by Crippen LogP contribution is -2.03. The highest BCUT2D eigenvalue weighted by Crippen LogP contribution is 2.15. The lowest BCUT2D eigenvalue weighted by molar-refractivity contribution is 0.0986. The number of fused-ring (bicyclic) bond motifs is 1. The molecule has 1 aliphatic carbocycles. The Morgan fingerprint density at radius 1 is 1.00 bits per heavy atom. The van der Waals surface area contributed by atoms with E-state index in [1.807, 2.05) is 0 Å². The van der Waals surface area contributed by atoms with Gasteiger partial charge in [-0.15, -0.1) is 0 Å². The maximum atomic E-state index is 11.4. The first-order chi connectivity index (χ1) is 6.29. The second kappa shape index (κ2) is 2.98. The van der Waals surface area contributed by atoms with E-state index in [-0.39, 0.29) is 11.6 Å². The van der Waals surface area contributed by atoms with Crippen molar-refractivity contribution >= 4 is 11.6 Å². The molecular formula is C11H8O2. The number of ketones is 2. The van der Waals surface area contributed by atoms with Gasteiger partial charge in [-0.1, -0.05) is 30.3 Å². The summed E-state index contributed by atoms with van der Waals surface area (Å²) in [6.07, 6.45) is 3.40. The van der Waals surface area contributed by atoms with Crippen LogP contribution >= 0.6 is 0 Å². The van der Waals surface area contributed by atoms with Gasteiger partial charge in [0.05, 0.1) is 0 Å². The SMILES string of the molecule is O=C1C=CCC(=O)c2ccccc21. The average Bonchev–Trinajstić information content (AvgIpc) is 2.29. The van der Waals surface area contributed by atoms with Crippen LogP contribution < -0.4 is 0 Å². The van der Waals surface area contributed by atoms with Crippen LogP contribution in [-0.4, -0.2) is 11.6 Å². The number of carbonyl (C=O) groups excluding carboxylic acids is 2. The van der Waals surface area contributed by atoms with Crippen LogP contribution in [0.3, 0.4) is 0 Å². The van der Waals surface area contributed by atoms with Crippen LogP contribution in [0.5, 0.6) is 0 Å². The molecule has 0 spiro atoms. The summed E-state index contributed by atoms with van der Waals surface area (Å²) in [6, 6.07) is 6.92. The van der Waals surface area contributed by atoms with Crippen molar-refractivity contribution < 1.29 is 9.59 Å². The van der Waals surface area contributed by atoms with Gasteiger partial charge in [0.25, 0.3) is 0 Å². The number of allylic oxidation sites excluding steroid dienone is 2. The highest BCUT2D eigenvalue weighted by atomic mass is 16.1. The van der Waals surface area contributed by atoms with Crippen molar-refractivity contribution in [2.24, 2.45) is 0 Å². The number of carbonyl (C=O) groups is 2. The Labute approximate surface area is 75.9 Å². The molecule has 0 heterocycles. The third-order valence-electron chi connectivity index (χ3n) is 2.07. The van der Waals surface area contributed by atoms with E-state index in [9.17, 15) is 9.59 Å². The average molecular weight is 172 g/mol. The lowest BCUT2D eigenvalue weighted by atomic mass is 10.0.